The second kappa shape index (κ2) is 10.1. The lowest BCUT2D eigenvalue weighted by Crippen LogP contribution is -2.54. The molecule has 3 atom stereocenters. The molecule has 32 heavy (non-hydrogen) atoms. The molecule has 0 unspecified atom stereocenters. The summed E-state index contributed by atoms with van der Waals surface area (Å²) in [6.45, 7) is 7.48. The number of carbonyl (C=O) groups is 2. The van der Waals surface area contributed by atoms with E-state index in [-0.39, 0.29) is 23.4 Å². The monoisotopic (exact) mass is 501 g/mol. The van der Waals surface area contributed by atoms with Crippen LogP contribution in [0.2, 0.25) is 0 Å². The molecule has 1 heterocycles. The first-order valence-electron chi connectivity index (χ1n) is 10.9. The van der Waals surface area contributed by atoms with Gasteiger partial charge in [-0.25, -0.2) is 0 Å². The van der Waals surface area contributed by atoms with Crippen LogP contribution in [-0.2, 0) is 16.0 Å². The Hall–Kier alpha value is -2.22. The van der Waals surface area contributed by atoms with Crippen LogP contribution >= 0.6 is 15.9 Å². The predicted molar refractivity (Wildman–Crippen MR) is 130 cm³/mol. The summed E-state index contributed by atoms with van der Waals surface area (Å²) in [5.74, 6) is -0.166. The van der Waals surface area contributed by atoms with Crippen molar-refractivity contribution in [1.29, 1.82) is 0 Å². The molecule has 0 radical (unpaired) electrons. The minimum Gasteiger partial charge on any atom is -0.390 e. The number of nitrogens with zero attached hydrogens (tertiary/aromatic N) is 1. The first-order chi connectivity index (χ1) is 15.1. The van der Waals surface area contributed by atoms with Gasteiger partial charge in [0.2, 0.25) is 11.8 Å². The Morgan fingerprint density at radius 3 is 2.50 bits per heavy atom. The van der Waals surface area contributed by atoms with E-state index in [9.17, 15) is 14.7 Å². The summed E-state index contributed by atoms with van der Waals surface area (Å²) in [6.07, 6.45) is 0.468. The highest BCUT2D eigenvalue weighted by molar-refractivity contribution is 9.10. The van der Waals surface area contributed by atoms with Gasteiger partial charge in [-0.1, -0.05) is 46.3 Å². The van der Waals surface area contributed by atoms with Crippen LogP contribution in [0, 0.1) is 0 Å². The number of halogens is 1. The number of amides is 2. The molecule has 1 aliphatic rings. The van der Waals surface area contributed by atoms with Gasteiger partial charge in [0.1, 0.15) is 0 Å². The second-order valence-electron chi connectivity index (χ2n) is 9.10. The zero-order chi connectivity index (χ0) is 23.5. The van der Waals surface area contributed by atoms with Crippen molar-refractivity contribution in [2.45, 2.75) is 64.3 Å². The SMILES string of the molecule is CC(=O)N[C@@H](Cc1ccccc1)[C@H](O)CN[C@H]1CC(C)(C)N(C(C)=O)c2ccc(Br)cc21. The maximum absolute atomic E-state index is 12.4. The van der Waals surface area contributed by atoms with E-state index in [1.807, 2.05) is 53.4 Å². The second-order valence-corrected chi connectivity index (χ2v) is 10.0. The summed E-state index contributed by atoms with van der Waals surface area (Å²) in [7, 11) is 0. The van der Waals surface area contributed by atoms with Gasteiger partial charge in [0, 0.05) is 42.1 Å². The molecule has 0 bridgehead atoms. The Kier molecular flexibility index (Phi) is 7.75. The van der Waals surface area contributed by atoms with Crippen LogP contribution in [0.1, 0.15) is 51.3 Å². The third-order valence-corrected chi connectivity index (χ3v) is 6.45. The fourth-order valence-corrected chi connectivity index (χ4v) is 5.01. The largest absolute Gasteiger partial charge is 0.390 e. The molecule has 2 aromatic carbocycles. The molecule has 7 heteroatoms. The average Bonchev–Trinajstić information content (AvgIpc) is 2.71. The molecule has 0 saturated carbocycles. The Labute approximate surface area is 198 Å². The first kappa shape index (κ1) is 24.4. The van der Waals surface area contributed by atoms with Gasteiger partial charge in [0.25, 0.3) is 0 Å². The predicted octanol–water partition coefficient (Wildman–Crippen LogP) is 3.72. The van der Waals surface area contributed by atoms with Crippen LogP contribution in [0.5, 0.6) is 0 Å². The number of anilines is 1. The van der Waals surface area contributed by atoms with E-state index in [2.05, 4.69) is 40.4 Å². The molecule has 6 nitrogen and oxygen atoms in total. The van der Waals surface area contributed by atoms with E-state index in [4.69, 9.17) is 0 Å². The molecule has 2 aromatic rings. The highest BCUT2D eigenvalue weighted by Gasteiger charge is 2.40. The number of hydrogen-bond donors (Lipinski definition) is 3. The molecule has 0 aromatic heterocycles. The number of fused-ring (bicyclic) bond motifs is 1. The lowest BCUT2D eigenvalue weighted by Gasteiger charge is -2.46. The van der Waals surface area contributed by atoms with Crippen molar-refractivity contribution in [3.05, 3.63) is 64.1 Å². The van der Waals surface area contributed by atoms with Gasteiger partial charge < -0.3 is 20.6 Å². The third-order valence-electron chi connectivity index (χ3n) is 5.95. The average molecular weight is 502 g/mol. The van der Waals surface area contributed by atoms with Crippen molar-refractivity contribution < 1.29 is 14.7 Å². The standard InChI is InChI=1S/C25H32BrN3O3/c1-16(30)28-21(12-18-8-6-5-7-9-18)24(32)15-27-22-14-25(3,4)29(17(2)31)23-11-10-19(26)13-20(22)23/h5-11,13,21-22,24,27,32H,12,14-15H2,1-4H3,(H,28,30)/t21-,22-,24+/m0/s1. The summed E-state index contributed by atoms with van der Waals surface area (Å²) in [5, 5.41) is 17.4. The van der Waals surface area contributed by atoms with Gasteiger partial charge in [-0.05, 0) is 56.0 Å². The van der Waals surface area contributed by atoms with Crippen LogP contribution in [0.25, 0.3) is 0 Å². The van der Waals surface area contributed by atoms with Crippen molar-refractivity contribution in [2.24, 2.45) is 0 Å². The minimum absolute atomic E-state index is 0.00522. The van der Waals surface area contributed by atoms with Gasteiger partial charge in [-0.15, -0.1) is 0 Å². The van der Waals surface area contributed by atoms with Crippen molar-refractivity contribution >= 4 is 33.4 Å². The normalized spacial score (nSPS) is 19.1. The van der Waals surface area contributed by atoms with Crippen LogP contribution in [-0.4, -0.2) is 41.2 Å². The van der Waals surface area contributed by atoms with E-state index in [1.54, 1.807) is 6.92 Å². The van der Waals surface area contributed by atoms with Crippen LogP contribution in [0.3, 0.4) is 0 Å². The molecular formula is C25H32BrN3O3. The number of carbonyl (C=O) groups excluding carboxylic acids is 2. The molecule has 1 aliphatic heterocycles. The van der Waals surface area contributed by atoms with Gasteiger partial charge in [0.05, 0.1) is 12.1 Å². The summed E-state index contributed by atoms with van der Waals surface area (Å²) < 4.78 is 0.937. The Bertz CT molecular complexity index is 964. The topological polar surface area (TPSA) is 81.7 Å². The number of aliphatic hydroxyl groups excluding tert-OH is 1. The number of nitrogens with one attached hydrogen (secondary N) is 2. The fourth-order valence-electron chi connectivity index (χ4n) is 4.63. The summed E-state index contributed by atoms with van der Waals surface area (Å²) in [4.78, 5) is 26.0. The first-order valence-corrected chi connectivity index (χ1v) is 11.7. The Morgan fingerprint density at radius 1 is 1.19 bits per heavy atom. The molecular weight excluding hydrogens is 470 g/mol. The maximum atomic E-state index is 12.4. The summed E-state index contributed by atoms with van der Waals surface area (Å²) in [6, 6.07) is 15.3. The van der Waals surface area contributed by atoms with Crippen molar-refractivity contribution in [1.82, 2.24) is 10.6 Å². The quantitative estimate of drug-likeness (QED) is 0.539. The molecule has 0 aliphatic carbocycles. The van der Waals surface area contributed by atoms with E-state index < -0.39 is 12.1 Å². The highest BCUT2D eigenvalue weighted by Crippen LogP contribution is 2.43. The van der Waals surface area contributed by atoms with Crippen LogP contribution in [0.15, 0.2) is 53.0 Å². The van der Waals surface area contributed by atoms with E-state index in [0.717, 1.165) is 21.3 Å². The van der Waals surface area contributed by atoms with Gasteiger partial charge >= 0.3 is 0 Å². The zero-order valence-electron chi connectivity index (χ0n) is 19.1. The third kappa shape index (κ3) is 5.77. The van der Waals surface area contributed by atoms with Crippen molar-refractivity contribution in [3.63, 3.8) is 0 Å². The van der Waals surface area contributed by atoms with Crippen LogP contribution in [0.4, 0.5) is 5.69 Å². The van der Waals surface area contributed by atoms with Crippen LogP contribution < -0.4 is 15.5 Å². The molecule has 2 amide bonds. The smallest absolute Gasteiger partial charge is 0.224 e. The number of benzene rings is 2. The molecule has 172 valence electrons. The van der Waals surface area contributed by atoms with Crippen molar-refractivity contribution in [3.8, 4) is 0 Å². The molecule has 0 fully saturated rings. The Balaban J connectivity index is 1.79. The van der Waals surface area contributed by atoms with E-state index in [0.29, 0.717) is 19.4 Å². The highest BCUT2D eigenvalue weighted by atomic mass is 79.9. The van der Waals surface area contributed by atoms with Gasteiger partial charge in [-0.2, -0.15) is 0 Å². The molecule has 3 N–H and O–H groups in total. The lowest BCUT2D eigenvalue weighted by atomic mass is 9.83. The fraction of sp³-hybridized carbons (Fsp3) is 0.440. The minimum atomic E-state index is -0.774. The van der Waals surface area contributed by atoms with E-state index >= 15 is 0 Å². The lowest BCUT2D eigenvalue weighted by molar-refractivity contribution is -0.120. The molecule has 0 saturated heterocycles. The molecule has 3 rings (SSSR count). The maximum Gasteiger partial charge on any atom is 0.224 e. The van der Waals surface area contributed by atoms with Gasteiger partial charge in [-0.3, -0.25) is 9.59 Å². The summed E-state index contributed by atoms with van der Waals surface area (Å²) >= 11 is 3.54. The summed E-state index contributed by atoms with van der Waals surface area (Å²) in [5.41, 5.74) is 2.57. The zero-order valence-corrected chi connectivity index (χ0v) is 20.6. The number of rotatable bonds is 7. The Morgan fingerprint density at radius 2 is 1.88 bits per heavy atom. The van der Waals surface area contributed by atoms with E-state index in [1.165, 1.54) is 6.92 Å². The number of hydrogen-bond acceptors (Lipinski definition) is 4. The van der Waals surface area contributed by atoms with Crippen molar-refractivity contribution in [2.75, 3.05) is 11.4 Å². The van der Waals surface area contributed by atoms with Gasteiger partial charge in [0.15, 0.2) is 0 Å². The number of aliphatic hydroxyl groups is 1. The molecule has 0 spiro atoms.